The maximum atomic E-state index is 12.5. The van der Waals surface area contributed by atoms with Gasteiger partial charge >= 0.3 is 0 Å². The molecule has 0 aromatic carbocycles. The third-order valence-electron chi connectivity index (χ3n) is 3.08. The molecule has 2 rings (SSSR count). The summed E-state index contributed by atoms with van der Waals surface area (Å²) in [6.45, 7) is 5.37. The average Bonchev–Trinajstić information content (AvgIpc) is 2.58. The van der Waals surface area contributed by atoms with Crippen molar-refractivity contribution in [2.45, 2.75) is 30.9 Å². The molecular weight excluding hydrogens is 358 g/mol. The Morgan fingerprint density at radius 3 is 2.67 bits per heavy atom. The van der Waals surface area contributed by atoms with E-state index in [2.05, 4.69) is 29.8 Å². The Kier molecular flexibility index (Phi) is 4.15. The third kappa shape index (κ3) is 2.93. The van der Waals surface area contributed by atoms with E-state index in [0.717, 1.165) is 12.8 Å². The van der Waals surface area contributed by atoms with E-state index in [0.29, 0.717) is 26.1 Å². The Morgan fingerprint density at radius 2 is 2.17 bits per heavy atom. The van der Waals surface area contributed by atoms with Crippen LogP contribution in [-0.2, 0) is 10.0 Å². The number of halogens is 2. The van der Waals surface area contributed by atoms with Crippen LogP contribution in [-0.4, -0.2) is 25.8 Å². The molecule has 0 N–H and O–H groups in total. The molecule has 0 aliphatic carbocycles. The summed E-state index contributed by atoms with van der Waals surface area (Å²) in [5.74, 6) is 0. The van der Waals surface area contributed by atoms with E-state index in [-0.39, 0.29) is 5.41 Å². The standard InChI is InChI=1S/C11H15BrClNO2S2/c1-11(2)4-3-5-14(7-11)18(15,16)9-6-8(13)10(12)17-9/h6H,3-5,7H2,1-2H3. The van der Waals surface area contributed by atoms with Crippen LogP contribution in [0.15, 0.2) is 14.1 Å². The third-order valence-corrected chi connectivity index (χ3v) is 7.85. The minimum absolute atomic E-state index is 0.0452. The monoisotopic (exact) mass is 371 g/mol. The molecule has 0 saturated carbocycles. The molecule has 1 aromatic heterocycles. The molecule has 1 aromatic rings. The predicted octanol–water partition coefficient (Wildman–Crippen LogP) is 3.97. The van der Waals surface area contributed by atoms with E-state index in [4.69, 9.17) is 11.6 Å². The summed E-state index contributed by atoms with van der Waals surface area (Å²) >= 11 is 10.3. The molecule has 0 radical (unpaired) electrons. The lowest BCUT2D eigenvalue weighted by atomic mass is 9.85. The molecule has 0 bridgehead atoms. The summed E-state index contributed by atoms with van der Waals surface area (Å²) in [6.07, 6.45) is 1.97. The van der Waals surface area contributed by atoms with Crippen LogP contribution >= 0.6 is 38.9 Å². The van der Waals surface area contributed by atoms with Crippen molar-refractivity contribution in [3.05, 3.63) is 14.9 Å². The molecule has 0 spiro atoms. The average molecular weight is 373 g/mol. The molecule has 7 heteroatoms. The van der Waals surface area contributed by atoms with Crippen molar-refractivity contribution in [2.75, 3.05) is 13.1 Å². The zero-order chi connectivity index (χ0) is 13.6. The number of hydrogen-bond donors (Lipinski definition) is 0. The smallest absolute Gasteiger partial charge is 0.206 e. The number of hydrogen-bond acceptors (Lipinski definition) is 3. The van der Waals surface area contributed by atoms with E-state index in [1.165, 1.54) is 17.4 Å². The van der Waals surface area contributed by atoms with Crippen LogP contribution in [0.25, 0.3) is 0 Å². The largest absolute Gasteiger partial charge is 0.252 e. The summed E-state index contributed by atoms with van der Waals surface area (Å²) in [6, 6.07) is 1.52. The van der Waals surface area contributed by atoms with E-state index in [1.807, 2.05) is 0 Å². The number of sulfonamides is 1. The highest BCUT2D eigenvalue weighted by molar-refractivity contribution is 9.11. The number of piperidine rings is 1. The van der Waals surface area contributed by atoms with Gasteiger partial charge in [-0.1, -0.05) is 25.4 Å². The Balaban J connectivity index is 2.31. The van der Waals surface area contributed by atoms with Gasteiger partial charge in [0.05, 0.1) is 8.81 Å². The van der Waals surface area contributed by atoms with Gasteiger partial charge in [0.15, 0.2) is 0 Å². The molecule has 0 atom stereocenters. The molecule has 0 amide bonds. The van der Waals surface area contributed by atoms with Crippen molar-refractivity contribution in [2.24, 2.45) is 5.41 Å². The van der Waals surface area contributed by atoms with Crippen molar-refractivity contribution in [1.29, 1.82) is 0 Å². The minimum atomic E-state index is -3.40. The highest BCUT2D eigenvalue weighted by Crippen LogP contribution is 2.38. The number of nitrogens with zero attached hydrogens (tertiary/aromatic N) is 1. The van der Waals surface area contributed by atoms with Crippen LogP contribution in [0.1, 0.15) is 26.7 Å². The molecule has 1 saturated heterocycles. The number of rotatable bonds is 2. The van der Waals surface area contributed by atoms with Crippen LogP contribution in [0, 0.1) is 5.41 Å². The Bertz CT molecular complexity index is 534. The van der Waals surface area contributed by atoms with Crippen molar-refractivity contribution < 1.29 is 8.42 Å². The highest BCUT2D eigenvalue weighted by Gasteiger charge is 2.35. The molecule has 1 fully saturated rings. The number of thiophene rings is 1. The summed E-state index contributed by atoms with van der Waals surface area (Å²) in [5.41, 5.74) is 0.0452. The van der Waals surface area contributed by atoms with Gasteiger partial charge in [0, 0.05) is 13.1 Å². The minimum Gasteiger partial charge on any atom is -0.206 e. The second-order valence-electron chi connectivity index (χ2n) is 5.29. The maximum absolute atomic E-state index is 12.5. The summed E-state index contributed by atoms with van der Waals surface area (Å²) < 4.78 is 27.6. The van der Waals surface area contributed by atoms with Crippen molar-refractivity contribution in [1.82, 2.24) is 4.31 Å². The summed E-state index contributed by atoms with van der Waals surface area (Å²) in [5, 5.41) is 0.454. The first-order valence-electron chi connectivity index (χ1n) is 5.67. The van der Waals surface area contributed by atoms with E-state index in [9.17, 15) is 8.42 Å². The van der Waals surface area contributed by atoms with Gasteiger partial charge in [0.25, 0.3) is 10.0 Å². The lowest BCUT2D eigenvalue weighted by Gasteiger charge is -2.36. The first-order chi connectivity index (χ1) is 8.22. The van der Waals surface area contributed by atoms with E-state index in [1.54, 1.807) is 4.31 Å². The molecule has 1 aliphatic rings. The van der Waals surface area contributed by atoms with Gasteiger partial charge in [-0.2, -0.15) is 4.31 Å². The first kappa shape index (κ1) is 14.8. The van der Waals surface area contributed by atoms with Gasteiger partial charge < -0.3 is 0 Å². The normalized spacial score (nSPS) is 21.1. The van der Waals surface area contributed by atoms with Crippen molar-refractivity contribution >= 4 is 48.9 Å². The topological polar surface area (TPSA) is 37.4 Å². The first-order valence-corrected chi connectivity index (χ1v) is 9.10. The van der Waals surface area contributed by atoms with Crippen LogP contribution < -0.4 is 0 Å². The van der Waals surface area contributed by atoms with E-state index < -0.39 is 10.0 Å². The molecule has 18 heavy (non-hydrogen) atoms. The van der Waals surface area contributed by atoms with Gasteiger partial charge in [-0.25, -0.2) is 8.42 Å². The molecule has 0 unspecified atom stereocenters. The van der Waals surface area contributed by atoms with Gasteiger partial charge in [0.2, 0.25) is 0 Å². The van der Waals surface area contributed by atoms with Gasteiger partial charge in [-0.05, 0) is 40.3 Å². The second-order valence-corrected chi connectivity index (χ2v) is 10.2. The Labute approximate surface area is 125 Å². The van der Waals surface area contributed by atoms with Crippen molar-refractivity contribution in [3.8, 4) is 0 Å². The molecule has 3 nitrogen and oxygen atoms in total. The fourth-order valence-corrected chi connectivity index (χ4v) is 6.38. The SMILES string of the molecule is CC1(C)CCCN(S(=O)(=O)c2cc(Cl)c(Br)s2)C1. The maximum Gasteiger partial charge on any atom is 0.252 e. The Hall–Kier alpha value is 0.380. The lowest BCUT2D eigenvalue weighted by Crippen LogP contribution is -2.43. The zero-order valence-corrected chi connectivity index (χ0v) is 14.2. The van der Waals surface area contributed by atoms with Gasteiger partial charge in [-0.3, -0.25) is 0 Å². The predicted molar refractivity (Wildman–Crippen MR) is 78.8 cm³/mol. The molecule has 2 heterocycles. The molecule has 1 aliphatic heterocycles. The summed E-state index contributed by atoms with van der Waals surface area (Å²) in [7, 11) is -3.40. The fraction of sp³-hybridized carbons (Fsp3) is 0.636. The highest BCUT2D eigenvalue weighted by atomic mass is 79.9. The molecule has 102 valence electrons. The van der Waals surface area contributed by atoms with E-state index >= 15 is 0 Å². The quantitative estimate of drug-likeness (QED) is 0.787. The fourth-order valence-electron chi connectivity index (χ4n) is 2.16. The van der Waals surface area contributed by atoms with Crippen molar-refractivity contribution in [3.63, 3.8) is 0 Å². The van der Waals surface area contributed by atoms with Crippen LogP contribution in [0.3, 0.4) is 0 Å². The van der Waals surface area contributed by atoms with Gasteiger partial charge in [-0.15, -0.1) is 11.3 Å². The molecular formula is C11H15BrClNO2S2. The van der Waals surface area contributed by atoms with Crippen LogP contribution in [0.4, 0.5) is 0 Å². The van der Waals surface area contributed by atoms with Gasteiger partial charge in [0.1, 0.15) is 4.21 Å². The zero-order valence-electron chi connectivity index (χ0n) is 10.2. The Morgan fingerprint density at radius 1 is 1.50 bits per heavy atom. The van der Waals surface area contributed by atoms with Crippen LogP contribution in [0.5, 0.6) is 0 Å². The van der Waals surface area contributed by atoms with Crippen LogP contribution in [0.2, 0.25) is 5.02 Å². The lowest BCUT2D eigenvalue weighted by molar-refractivity contribution is 0.187. The summed E-state index contributed by atoms with van der Waals surface area (Å²) in [4.78, 5) is 0. The second kappa shape index (κ2) is 5.05.